The number of benzene rings is 2. The normalized spacial score (nSPS) is 10.7. The van der Waals surface area contributed by atoms with Crippen LogP contribution in [-0.4, -0.2) is 31.3 Å². The van der Waals surface area contributed by atoms with Crippen LogP contribution in [0.5, 0.6) is 0 Å². The first kappa shape index (κ1) is 17.8. The summed E-state index contributed by atoms with van der Waals surface area (Å²) in [7, 11) is 1.57. The largest absolute Gasteiger partial charge is 0.383 e. The highest BCUT2D eigenvalue weighted by molar-refractivity contribution is 5.93. The predicted molar refractivity (Wildman–Crippen MR) is 101 cm³/mol. The number of nitrogens with one attached hydrogen (secondary N) is 2. The van der Waals surface area contributed by atoms with E-state index in [1.54, 1.807) is 25.4 Å². The summed E-state index contributed by atoms with van der Waals surface area (Å²) in [5.74, 6) is 0.199. The first-order chi connectivity index (χ1) is 12.6. The van der Waals surface area contributed by atoms with Crippen molar-refractivity contribution in [3.05, 3.63) is 60.0 Å². The second-order valence-corrected chi connectivity index (χ2v) is 5.96. The lowest BCUT2D eigenvalue weighted by Crippen LogP contribution is -2.31. The van der Waals surface area contributed by atoms with E-state index in [4.69, 9.17) is 4.74 Å². The van der Waals surface area contributed by atoms with Crippen LogP contribution in [0, 0.1) is 12.7 Å². The van der Waals surface area contributed by atoms with Gasteiger partial charge in [-0.3, -0.25) is 5.32 Å². The highest BCUT2D eigenvalue weighted by Gasteiger charge is 2.07. The van der Waals surface area contributed by atoms with E-state index in [-0.39, 0.29) is 11.8 Å². The second-order valence-electron chi connectivity index (χ2n) is 5.96. The van der Waals surface area contributed by atoms with Crippen LogP contribution in [0.1, 0.15) is 5.56 Å². The van der Waals surface area contributed by atoms with Gasteiger partial charge in [0.05, 0.1) is 6.61 Å². The Hall–Kier alpha value is -2.99. The molecule has 0 saturated heterocycles. The van der Waals surface area contributed by atoms with Gasteiger partial charge in [0.2, 0.25) is 0 Å². The number of hydrogen-bond acceptors (Lipinski definition) is 3. The molecule has 5 nitrogen and oxygen atoms in total. The van der Waals surface area contributed by atoms with Gasteiger partial charge in [0.25, 0.3) is 0 Å². The van der Waals surface area contributed by atoms with Gasteiger partial charge in [-0.1, -0.05) is 18.2 Å². The molecule has 0 fully saturated rings. The summed E-state index contributed by atoms with van der Waals surface area (Å²) in [6, 6.07) is 12.1. The van der Waals surface area contributed by atoms with Crippen molar-refractivity contribution in [2.75, 3.05) is 25.6 Å². The molecule has 3 aromatic rings. The van der Waals surface area contributed by atoms with Gasteiger partial charge >= 0.3 is 6.03 Å². The number of carbonyl (C=O) groups excluding carboxylic acids is 1. The molecule has 0 saturated carbocycles. The lowest BCUT2D eigenvalue weighted by atomic mass is 9.98. The fraction of sp³-hybridized carbons (Fsp3) is 0.200. The number of pyridine rings is 1. The minimum Gasteiger partial charge on any atom is -0.383 e. The topological polar surface area (TPSA) is 63.2 Å². The molecule has 0 radical (unpaired) electrons. The highest BCUT2D eigenvalue weighted by atomic mass is 19.1. The number of aryl methyl sites for hydroxylation is 1. The first-order valence-corrected chi connectivity index (χ1v) is 8.27. The quantitative estimate of drug-likeness (QED) is 0.678. The lowest BCUT2D eigenvalue weighted by Gasteiger charge is -2.10. The summed E-state index contributed by atoms with van der Waals surface area (Å²) in [6.45, 7) is 2.82. The summed E-state index contributed by atoms with van der Waals surface area (Å²) in [5, 5.41) is 7.21. The molecule has 1 heterocycles. The molecule has 0 aliphatic heterocycles. The molecule has 2 amide bonds. The summed E-state index contributed by atoms with van der Waals surface area (Å²) in [4.78, 5) is 16.1. The molecule has 1 aromatic heterocycles. The maximum absolute atomic E-state index is 13.6. The summed E-state index contributed by atoms with van der Waals surface area (Å²) in [6.07, 6.45) is 1.69. The third kappa shape index (κ3) is 4.15. The van der Waals surface area contributed by atoms with Crippen molar-refractivity contribution in [1.29, 1.82) is 0 Å². The molecule has 2 N–H and O–H groups in total. The van der Waals surface area contributed by atoms with Crippen LogP contribution in [-0.2, 0) is 4.74 Å². The van der Waals surface area contributed by atoms with E-state index in [9.17, 15) is 9.18 Å². The van der Waals surface area contributed by atoms with E-state index in [0.717, 1.165) is 27.5 Å². The Morgan fingerprint density at radius 1 is 1.15 bits per heavy atom. The predicted octanol–water partition coefficient (Wildman–Crippen LogP) is 4.12. The zero-order valence-electron chi connectivity index (χ0n) is 14.7. The smallest absolute Gasteiger partial charge is 0.320 e. The Morgan fingerprint density at radius 3 is 2.81 bits per heavy atom. The van der Waals surface area contributed by atoms with E-state index in [1.807, 2.05) is 25.1 Å². The van der Waals surface area contributed by atoms with Crippen LogP contribution in [0.3, 0.4) is 0 Å². The van der Waals surface area contributed by atoms with Crippen molar-refractivity contribution >= 4 is 22.6 Å². The van der Waals surface area contributed by atoms with Crippen molar-refractivity contribution in [1.82, 2.24) is 10.3 Å². The van der Waals surface area contributed by atoms with Gasteiger partial charge in [-0.15, -0.1) is 0 Å². The van der Waals surface area contributed by atoms with Crippen molar-refractivity contribution in [3.63, 3.8) is 0 Å². The summed E-state index contributed by atoms with van der Waals surface area (Å²) in [5.41, 5.74) is 2.78. The number of nitrogens with zero attached hydrogens (tertiary/aromatic N) is 1. The number of ether oxygens (including phenoxy) is 1. The molecule has 134 valence electrons. The molecular weight excluding hydrogens is 333 g/mol. The zero-order chi connectivity index (χ0) is 18.5. The molecule has 2 aromatic carbocycles. The van der Waals surface area contributed by atoms with Crippen LogP contribution >= 0.6 is 0 Å². The molecule has 6 heteroatoms. The van der Waals surface area contributed by atoms with E-state index in [2.05, 4.69) is 15.6 Å². The van der Waals surface area contributed by atoms with Crippen molar-refractivity contribution in [2.24, 2.45) is 0 Å². The Kier molecular flexibility index (Phi) is 5.43. The van der Waals surface area contributed by atoms with Crippen LogP contribution in [0.25, 0.3) is 21.9 Å². The summed E-state index contributed by atoms with van der Waals surface area (Å²) < 4.78 is 18.4. The van der Waals surface area contributed by atoms with Gasteiger partial charge in [0, 0.05) is 25.2 Å². The van der Waals surface area contributed by atoms with E-state index in [1.165, 1.54) is 12.1 Å². The van der Waals surface area contributed by atoms with Gasteiger partial charge in [-0.05, 0) is 53.3 Å². The molecular formula is C20H20FN3O2. The standard InChI is InChI=1S/C20H20FN3O2/c1-13-3-6-17(21)11-18(13)15-5-4-14-10-19(23-12-16(14)9-15)24-20(25)22-7-8-26-2/h3-6,9-12H,7-8H2,1-2H3,(H2,22,23,24,25). The van der Waals surface area contributed by atoms with Gasteiger partial charge in [0.15, 0.2) is 0 Å². The van der Waals surface area contributed by atoms with Crippen molar-refractivity contribution in [2.45, 2.75) is 6.92 Å². The fourth-order valence-electron chi connectivity index (χ4n) is 2.71. The van der Waals surface area contributed by atoms with Crippen molar-refractivity contribution in [3.8, 4) is 11.1 Å². The number of anilines is 1. The van der Waals surface area contributed by atoms with Crippen LogP contribution in [0.4, 0.5) is 15.0 Å². The SMILES string of the molecule is COCCNC(=O)Nc1cc2ccc(-c3cc(F)ccc3C)cc2cn1. The number of amides is 2. The molecule has 0 aliphatic rings. The van der Waals surface area contributed by atoms with Gasteiger partial charge in [-0.25, -0.2) is 14.2 Å². The molecule has 3 rings (SSSR count). The average Bonchev–Trinajstić information content (AvgIpc) is 2.63. The van der Waals surface area contributed by atoms with Crippen LogP contribution in [0.15, 0.2) is 48.7 Å². The minimum absolute atomic E-state index is 0.261. The van der Waals surface area contributed by atoms with Gasteiger partial charge in [0.1, 0.15) is 11.6 Å². The number of urea groups is 1. The van der Waals surface area contributed by atoms with Crippen LogP contribution < -0.4 is 10.6 Å². The van der Waals surface area contributed by atoms with Crippen molar-refractivity contribution < 1.29 is 13.9 Å². The minimum atomic E-state index is -0.332. The Balaban J connectivity index is 1.82. The number of aromatic nitrogens is 1. The maximum atomic E-state index is 13.6. The van der Waals surface area contributed by atoms with Crippen LogP contribution in [0.2, 0.25) is 0 Å². The second kappa shape index (κ2) is 7.93. The fourth-order valence-corrected chi connectivity index (χ4v) is 2.71. The number of carbonyl (C=O) groups is 1. The third-order valence-corrected chi connectivity index (χ3v) is 4.07. The number of rotatable bonds is 5. The molecule has 0 spiro atoms. The Labute approximate surface area is 151 Å². The number of hydrogen-bond donors (Lipinski definition) is 2. The first-order valence-electron chi connectivity index (χ1n) is 8.27. The van der Waals surface area contributed by atoms with E-state index in [0.29, 0.717) is 19.0 Å². The number of methoxy groups -OCH3 is 1. The molecule has 0 aliphatic carbocycles. The Morgan fingerprint density at radius 2 is 2.00 bits per heavy atom. The maximum Gasteiger partial charge on any atom is 0.320 e. The monoisotopic (exact) mass is 353 g/mol. The van der Waals surface area contributed by atoms with E-state index >= 15 is 0 Å². The zero-order valence-corrected chi connectivity index (χ0v) is 14.7. The van der Waals surface area contributed by atoms with E-state index < -0.39 is 0 Å². The molecule has 26 heavy (non-hydrogen) atoms. The van der Waals surface area contributed by atoms with Gasteiger partial charge in [-0.2, -0.15) is 0 Å². The van der Waals surface area contributed by atoms with Gasteiger partial charge < -0.3 is 10.1 Å². The Bertz CT molecular complexity index is 943. The molecule has 0 atom stereocenters. The lowest BCUT2D eigenvalue weighted by molar-refractivity contribution is 0.198. The third-order valence-electron chi connectivity index (χ3n) is 4.07. The number of fused-ring (bicyclic) bond motifs is 1. The highest BCUT2D eigenvalue weighted by Crippen LogP contribution is 2.28. The molecule has 0 bridgehead atoms. The number of halogens is 1. The molecule has 0 unspecified atom stereocenters. The summed E-state index contributed by atoms with van der Waals surface area (Å²) >= 11 is 0. The average molecular weight is 353 g/mol.